The van der Waals surface area contributed by atoms with Crippen molar-refractivity contribution in [1.82, 2.24) is 0 Å². The van der Waals surface area contributed by atoms with Gasteiger partial charge < -0.3 is 4.84 Å². The third-order valence-electron chi connectivity index (χ3n) is 0.757. The zero-order chi connectivity index (χ0) is 6.41. The lowest BCUT2D eigenvalue weighted by Crippen LogP contribution is -1.86. The minimum absolute atomic E-state index is 0.675. The molecule has 0 aromatic carbocycles. The zero-order valence-corrected chi connectivity index (χ0v) is 5.72. The average molecular weight is 115 g/mol. The van der Waals surface area contributed by atoms with Gasteiger partial charge in [0, 0.05) is 6.21 Å². The Balaban J connectivity index is 3.03. The molecule has 48 valence electrons. The summed E-state index contributed by atoms with van der Waals surface area (Å²) in [5.74, 6) is 0.675. The molecule has 0 saturated heterocycles. The number of nitrogens with zero attached hydrogens (tertiary/aromatic N) is 1. The van der Waals surface area contributed by atoms with Crippen molar-refractivity contribution in [1.29, 1.82) is 0 Å². The fraction of sp³-hybridized carbons (Fsp3) is 0.833. The molecular formula is C6H13NO. The standard InChI is InChI=1S/C6H13NO/c1-6(2)4-5-7-8-3/h5-6H,4H2,1-3H3. The van der Waals surface area contributed by atoms with Crippen LogP contribution >= 0.6 is 0 Å². The first-order chi connectivity index (χ1) is 3.77. The van der Waals surface area contributed by atoms with Crippen molar-refractivity contribution in [3.05, 3.63) is 0 Å². The summed E-state index contributed by atoms with van der Waals surface area (Å²) in [5, 5.41) is 3.59. The van der Waals surface area contributed by atoms with Crippen molar-refractivity contribution in [2.45, 2.75) is 20.3 Å². The van der Waals surface area contributed by atoms with Crippen LogP contribution in [-0.2, 0) is 4.84 Å². The molecule has 2 heteroatoms. The Morgan fingerprint density at radius 2 is 2.25 bits per heavy atom. The average Bonchev–Trinajstić information content (AvgIpc) is 1.66. The van der Waals surface area contributed by atoms with Crippen LogP contribution in [0.4, 0.5) is 0 Å². The number of oxime groups is 1. The van der Waals surface area contributed by atoms with Crippen molar-refractivity contribution in [3.63, 3.8) is 0 Å². The SMILES string of the molecule is CON=CCC(C)C. The number of hydrogen-bond acceptors (Lipinski definition) is 2. The molecule has 0 radical (unpaired) electrons. The highest BCUT2D eigenvalue weighted by molar-refractivity contribution is 5.56. The highest BCUT2D eigenvalue weighted by Gasteiger charge is 1.86. The van der Waals surface area contributed by atoms with Crippen LogP contribution < -0.4 is 0 Å². The summed E-state index contributed by atoms with van der Waals surface area (Å²) in [7, 11) is 1.55. The van der Waals surface area contributed by atoms with Gasteiger partial charge in [0.25, 0.3) is 0 Å². The van der Waals surface area contributed by atoms with Crippen LogP contribution in [0.5, 0.6) is 0 Å². The molecule has 0 aliphatic carbocycles. The largest absolute Gasteiger partial charge is 0.399 e. The summed E-state index contributed by atoms with van der Waals surface area (Å²) in [6.45, 7) is 4.28. The van der Waals surface area contributed by atoms with Gasteiger partial charge >= 0.3 is 0 Å². The molecule has 0 aromatic heterocycles. The van der Waals surface area contributed by atoms with Gasteiger partial charge in [-0.25, -0.2) is 0 Å². The topological polar surface area (TPSA) is 21.6 Å². The van der Waals surface area contributed by atoms with Gasteiger partial charge in [0.15, 0.2) is 0 Å². The quantitative estimate of drug-likeness (QED) is 0.405. The predicted octanol–water partition coefficient (Wildman–Crippen LogP) is 1.66. The highest BCUT2D eigenvalue weighted by Crippen LogP contribution is 1.94. The molecule has 0 aliphatic rings. The Morgan fingerprint density at radius 3 is 2.62 bits per heavy atom. The van der Waals surface area contributed by atoms with Crippen LogP contribution in [0.15, 0.2) is 5.16 Å². The first-order valence-corrected chi connectivity index (χ1v) is 2.82. The Labute approximate surface area is 50.5 Å². The van der Waals surface area contributed by atoms with E-state index in [4.69, 9.17) is 0 Å². The molecule has 8 heavy (non-hydrogen) atoms. The third kappa shape index (κ3) is 5.47. The summed E-state index contributed by atoms with van der Waals surface area (Å²) >= 11 is 0. The smallest absolute Gasteiger partial charge is 0.106 e. The fourth-order valence-corrected chi connectivity index (χ4v) is 0.328. The number of hydrogen-bond donors (Lipinski definition) is 0. The summed E-state index contributed by atoms with van der Waals surface area (Å²) in [6, 6.07) is 0. The molecule has 2 nitrogen and oxygen atoms in total. The van der Waals surface area contributed by atoms with E-state index in [-0.39, 0.29) is 0 Å². The van der Waals surface area contributed by atoms with E-state index in [1.807, 2.05) is 0 Å². The van der Waals surface area contributed by atoms with Crippen molar-refractivity contribution in [2.24, 2.45) is 11.1 Å². The second-order valence-corrected chi connectivity index (χ2v) is 2.10. The summed E-state index contributed by atoms with van der Waals surface area (Å²) in [6.07, 6.45) is 2.78. The lowest BCUT2D eigenvalue weighted by molar-refractivity contribution is 0.214. The second kappa shape index (κ2) is 4.62. The first-order valence-electron chi connectivity index (χ1n) is 2.82. The molecule has 0 bridgehead atoms. The van der Waals surface area contributed by atoms with Crippen molar-refractivity contribution >= 4 is 6.21 Å². The molecular weight excluding hydrogens is 102 g/mol. The van der Waals surface area contributed by atoms with E-state index < -0.39 is 0 Å². The molecule has 0 unspecified atom stereocenters. The van der Waals surface area contributed by atoms with Crippen LogP contribution in [0.1, 0.15) is 20.3 Å². The van der Waals surface area contributed by atoms with Gasteiger partial charge in [-0.15, -0.1) is 0 Å². The Bertz CT molecular complexity index is 68.9. The van der Waals surface area contributed by atoms with Gasteiger partial charge in [-0.2, -0.15) is 0 Å². The normalized spacial score (nSPS) is 11.0. The molecule has 0 aromatic rings. The van der Waals surface area contributed by atoms with Crippen molar-refractivity contribution < 1.29 is 4.84 Å². The van der Waals surface area contributed by atoms with Crippen LogP contribution in [0.3, 0.4) is 0 Å². The molecule has 0 atom stereocenters. The lowest BCUT2D eigenvalue weighted by atomic mass is 10.2. The zero-order valence-electron chi connectivity index (χ0n) is 5.72. The van der Waals surface area contributed by atoms with Crippen LogP contribution in [-0.4, -0.2) is 13.3 Å². The maximum absolute atomic E-state index is 4.46. The van der Waals surface area contributed by atoms with E-state index in [0.717, 1.165) is 6.42 Å². The highest BCUT2D eigenvalue weighted by atomic mass is 16.6. The first kappa shape index (κ1) is 7.47. The Hall–Kier alpha value is -0.530. The van der Waals surface area contributed by atoms with E-state index in [0.29, 0.717) is 5.92 Å². The summed E-state index contributed by atoms with van der Waals surface area (Å²) in [4.78, 5) is 4.46. The van der Waals surface area contributed by atoms with Gasteiger partial charge in [0.1, 0.15) is 7.11 Å². The predicted molar refractivity (Wildman–Crippen MR) is 35.0 cm³/mol. The molecule has 0 aliphatic heterocycles. The minimum Gasteiger partial charge on any atom is -0.399 e. The van der Waals surface area contributed by atoms with Gasteiger partial charge in [0.05, 0.1) is 0 Å². The third-order valence-corrected chi connectivity index (χ3v) is 0.757. The minimum atomic E-state index is 0.675. The molecule has 0 spiro atoms. The van der Waals surface area contributed by atoms with Gasteiger partial charge in [-0.05, 0) is 12.3 Å². The lowest BCUT2D eigenvalue weighted by Gasteiger charge is -1.93. The van der Waals surface area contributed by atoms with Crippen LogP contribution in [0.2, 0.25) is 0 Å². The van der Waals surface area contributed by atoms with Gasteiger partial charge in [-0.3, -0.25) is 0 Å². The van der Waals surface area contributed by atoms with E-state index in [9.17, 15) is 0 Å². The number of rotatable bonds is 3. The van der Waals surface area contributed by atoms with Crippen LogP contribution in [0.25, 0.3) is 0 Å². The molecule has 0 saturated carbocycles. The van der Waals surface area contributed by atoms with Crippen LogP contribution in [0, 0.1) is 5.92 Å². The Morgan fingerprint density at radius 1 is 1.62 bits per heavy atom. The van der Waals surface area contributed by atoms with Crippen molar-refractivity contribution in [2.75, 3.05) is 7.11 Å². The maximum Gasteiger partial charge on any atom is 0.106 e. The van der Waals surface area contributed by atoms with Crippen molar-refractivity contribution in [3.8, 4) is 0 Å². The van der Waals surface area contributed by atoms with Gasteiger partial charge in [-0.1, -0.05) is 19.0 Å². The molecule has 0 N–H and O–H groups in total. The van der Waals surface area contributed by atoms with E-state index >= 15 is 0 Å². The molecule has 0 rings (SSSR count). The molecule has 0 heterocycles. The monoisotopic (exact) mass is 115 g/mol. The fourth-order valence-electron chi connectivity index (χ4n) is 0.328. The summed E-state index contributed by atoms with van der Waals surface area (Å²) in [5.41, 5.74) is 0. The maximum atomic E-state index is 4.46. The van der Waals surface area contributed by atoms with Gasteiger partial charge in [0.2, 0.25) is 0 Å². The Kier molecular flexibility index (Phi) is 4.32. The van der Waals surface area contributed by atoms with E-state index in [2.05, 4.69) is 23.8 Å². The molecule has 0 amide bonds. The second-order valence-electron chi connectivity index (χ2n) is 2.10. The summed E-state index contributed by atoms with van der Waals surface area (Å²) < 4.78 is 0. The van der Waals surface area contributed by atoms with E-state index in [1.54, 1.807) is 13.3 Å². The van der Waals surface area contributed by atoms with E-state index in [1.165, 1.54) is 0 Å². The molecule has 0 fully saturated rings.